The first-order chi connectivity index (χ1) is 12.7. The summed E-state index contributed by atoms with van der Waals surface area (Å²) in [5.74, 6) is -0.0228. The van der Waals surface area contributed by atoms with Gasteiger partial charge in [-0.1, -0.05) is 12.1 Å². The van der Waals surface area contributed by atoms with Gasteiger partial charge in [0.25, 0.3) is 0 Å². The Balaban J connectivity index is 1.48. The summed E-state index contributed by atoms with van der Waals surface area (Å²) in [4.78, 5) is 32.8. The van der Waals surface area contributed by atoms with Crippen LogP contribution in [0.2, 0.25) is 0 Å². The van der Waals surface area contributed by atoms with Crippen LogP contribution in [0, 0.1) is 0 Å². The maximum atomic E-state index is 12.6. The van der Waals surface area contributed by atoms with Crippen molar-refractivity contribution in [1.82, 2.24) is 14.8 Å². The Bertz CT molecular complexity index is 728. The van der Waals surface area contributed by atoms with Gasteiger partial charge < -0.3 is 9.64 Å². The molecule has 3 rings (SSSR count). The lowest BCUT2D eigenvalue weighted by Crippen LogP contribution is -2.37. The van der Waals surface area contributed by atoms with Crippen molar-refractivity contribution in [1.29, 1.82) is 0 Å². The summed E-state index contributed by atoms with van der Waals surface area (Å²) < 4.78 is 6.17. The third-order valence-electron chi connectivity index (χ3n) is 4.49. The highest BCUT2D eigenvalue weighted by Crippen LogP contribution is 2.22. The molecule has 140 valence electrons. The fraction of sp³-hybridized carbons (Fsp3) is 0.526. The van der Waals surface area contributed by atoms with Gasteiger partial charge in [0.2, 0.25) is 5.91 Å². The molecule has 1 saturated heterocycles. The van der Waals surface area contributed by atoms with Gasteiger partial charge in [-0.15, -0.1) is 11.3 Å². The molecule has 1 aliphatic rings. The van der Waals surface area contributed by atoms with Crippen molar-refractivity contribution in [2.24, 2.45) is 0 Å². The highest BCUT2D eigenvalue weighted by Gasteiger charge is 2.21. The van der Waals surface area contributed by atoms with Gasteiger partial charge in [-0.2, -0.15) is 0 Å². The van der Waals surface area contributed by atoms with Gasteiger partial charge in [-0.3, -0.25) is 14.5 Å². The largest absolute Gasteiger partial charge is 0.465 e. The molecule has 0 spiro atoms. The SMILES string of the molecule is CCOC(=O)CN1CCCN(C(=O)CCc2nc3ccccc3s2)CC1. The van der Waals surface area contributed by atoms with Gasteiger partial charge in [-0.05, 0) is 25.5 Å². The molecule has 7 heteroatoms. The number of ether oxygens (including phenoxy) is 1. The quantitative estimate of drug-likeness (QED) is 0.725. The molecule has 0 radical (unpaired) electrons. The maximum absolute atomic E-state index is 12.6. The third kappa shape index (κ3) is 5.02. The van der Waals surface area contributed by atoms with E-state index in [1.54, 1.807) is 11.3 Å². The van der Waals surface area contributed by atoms with Crippen molar-refractivity contribution in [2.45, 2.75) is 26.2 Å². The first kappa shape index (κ1) is 18.8. The molecule has 1 aromatic heterocycles. The standard InChI is InChI=1S/C19H25N3O3S/c1-2-25-19(24)14-21-10-5-11-22(13-12-21)18(23)9-8-17-20-15-6-3-4-7-16(15)26-17/h3-4,6-7H,2,5,8-14H2,1H3. The lowest BCUT2D eigenvalue weighted by Gasteiger charge is -2.21. The second-order valence-corrected chi connectivity index (χ2v) is 7.51. The van der Waals surface area contributed by atoms with Crippen LogP contribution in [0.25, 0.3) is 10.2 Å². The van der Waals surface area contributed by atoms with Crippen molar-refractivity contribution in [3.63, 3.8) is 0 Å². The van der Waals surface area contributed by atoms with Gasteiger partial charge in [0.1, 0.15) is 0 Å². The number of nitrogens with zero attached hydrogens (tertiary/aromatic N) is 3. The van der Waals surface area contributed by atoms with Crippen molar-refractivity contribution in [3.05, 3.63) is 29.3 Å². The Hall–Kier alpha value is -1.99. The second-order valence-electron chi connectivity index (χ2n) is 6.39. The van der Waals surface area contributed by atoms with Crippen molar-refractivity contribution in [2.75, 3.05) is 39.3 Å². The molecule has 0 atom stereocenters. The van der Waals surface area contributed by atoms with Crippen LogP contribution in [0.5, 0.6) is 0 Å². The zero-order valence-electron chi connectivity index (χ0n) is 15.1. The number of fused-ring (bicyclic) bond motifs is 1. The van der Waals surface area contributed by atoms with Crippen LogP contribution < -0.4 is 0 Å². The lowest BCUT2D eigenvalue weighted by atomic mass is 10.2. The lowest BCUT2D eigenvalue weighted by molar-refractivity contribution is -0.144. The van der Waals surface area contributed by atoms with Crippen LogP contribution >= 0.6 is 11.3 Å². The summed E-state index contributed by atoms with van der Waals surface area (Å²) in [6.07, 6.45) is 2.05. The molecule has 0 aliphatic carbocycles. The number of hydrogen-bond acceptors (Lipinski definition) is 6. The Morgan fingerprint density at radius 2 is 2.04 bits per heavy atom. The van der Waals surface area contributed by atoms with Gasteiger partial charge in [0.15, 0.2) is 0 Å². The molecule has 6 nitrogen and oxygen atoms in total. The molecule has 26 heavy (non-hydrogen) atoms. The third-order valence-corrected chi connectivity index (χ3v) is 5.59. The van der Waals surface area contributed by atoms with E-state index in [2.05, 4.69) is 16.0 Å². The fourth-order valence-electron chi connectivity index (χ4n) is 3.17. The number of thiazole rings is 1. The van der Waals surface area contributed by atoms with E-state index in [4.69, 9.17) is 4.74 Å². The predicted molar refractivity (Wildman–Crippen MR) is 102 cm³/mol. The Labute approximate surface area is 157 Å². The first-order valence-corrected chi connectivity index (χ1v) is 9.97. The van der Waals surface area contributed by atoms with E-state index in [0.717, 1.165) is 30.0 Å². The monoisotopic (exact) mass is 375 g/mol. The molecule has 1 aromatic carbocycles. The number of hydrogen-bond donors (Lipinski definition) is 0. The van der Waals surface area contributed by atoms with E-state index in [-0.39, 0.29) is 11.9 Å². The van der Waals surface area contributed by atoms with E-state index in [9.17, 15) is 9.59 Å². The van der Waals surface area contributed by atoms with Crippen molar-refractivity contribution >= 4 is 33.4 Å². The van der Waals surface area contributed by atoms with Crippen LogP contribution in [0.15, 0.2) is 24.3 Å². The van der Waals surface area contributed by atoms with Crippen molar-refractivity contribution in [3.8, 4) is 0 Å². The summed E-state index contributed by atoms with van der Waals surface area (Å²) >= 11 is 1.66. The molecule has 0 N–H and O–H groups in total. The summed E-state index contributed by atoms with van der Waals surface area (Å²) in [6.45, 7) is 5.47. The molecule has 2 aromatic rings. The van der Waals surface area contributed by atoms with Gasteiger partial charge in [0.05, 0.1) is 28.4 Å². The van der Waals surface area contributed by atoms with Gasteiger partial charge in [-0.25, -0.2) is 4.98 Å². The summed E-state index contributed by atoms with van der Waals surface area (Å²) in [7, 11) is 0. The molecular formula is C19H25N3O3S. The first-order valence-electron chi connectivity index (χ1n) is 9.16. The highest BCUT2D eigenvalue weighted by atomic mass is 32.1. The number of carbonyl (C=O) groups is 2. The van der Waals surface area contributed by atoms with Crippen LogP contribution in [0.3, 0.4) is 0 Å². The normalized spacial score (nSPS) is 15.8. The Kier molecular flexibility index (Phi) is 6.57. The zero-order chi connectivity index (χ0) is 18.4. The van der Waals surface area contributed by atoms with Crippen molar-refractivity contribution < 1.29 is 14.3 Å². The maximum Gasteiger partial charge on any atom is 0.320 e. The smallest absolute Gasteiger partial charge is 0.320 e. The number of rotatable bonds is 6. The number of carbonyl (C=O) groups excluding carboxylic acids is 2. The van der Waals surface area contributed by atoms with Crippen LogP contribution in [-0.2, 0) is 20.7 Å². The number of esters is 1. The predicted octanol–water partition coefficient (Wildman–Crippen LogP) is 2.33. The topological polar surface area (TPSA) is 62.7 Å². The zero-order valence-corrected chi connectivity index (χ0v) is 16.0. The van der Waals surface area contributed by atoms with E-state index >= 15 is 0 Å². The van der Waals surface area contributed by atoms with E-state index in [1.807, 2.05) is 30.0 Å². The summed E-state index contributed by atoms with van der Waals surface area (Å²) in [5.41, 5.74) is 1.00. The highest BCUT2D eigenvalue weighted by molar-refractivity contribution is 7.18. The average molecular weight is 375 g/mol. The minimum Gasteiger partial charge on any atom is -0.465 e. The minimum absolute atomic E-state index is 0.169. The molecular weight excluding hydrogens is 350 g/mol. The molecule has 0 bridgehead atoms. The summed E-state index contributed by atoms with van der Waals surface area (Å²) in [5, 5.41) is 1.01. The molecule has 0 unspecified atom stereocenters. The van der Waals surface area contributed by atoms with E-state index in [1.165, 1.54) is 4.70 Å². The van der Waals surface area contributed by atoms with Crippen LogP contribution in [0.4, 0.5) is 0 Å². The molecule has 1 aliphatic heterocycles. The number of benzene rings is 1. The van der Waals surface area contributed by atoms with Gasteiger partial charge >= 0.3 is 5.97 Å². The number of amides is 1. The minimum atomic E-state index is -0.192. The number of aryl methyl sites for hydroxylation is 1. The molecule has 1 amide bonds. The second kappa shape index (κ2) is 9.09. The number of aromatic nitrogens is 1. The van der Waals surface area contributed by atoms with Gasteiger partial charge in [0, 0.05) is 39.0 Å². The van der Waals surface area contributed by atoms with Crippen LogP contribution in [-0.4, -0.2) is 66.0 Å². The summed E-state index contributed by atoms with van der Waals surface area (Å²) in [6, 6.07) is 8.06. The van der Waals surface area contributed by atoms with E-state index < -0.39 is 0 Å². The Morgan fingerprint density at radius 3 is 2.85 bits per heavy atom. The van der Waals surface area contributed by atoms with Crippen LogP contribution in [0.1, 0.15) is 24.8 Å². The molecule has 0 saturated carbocycles. The molecule has 1 fully saturated rings. The molecule has 2 heterocycles. The number of para-hydroxylation sites is 1. The Morgan fingerprint density at radius 1 is 1.19 bits per heavy atom. The van der Waals surface area contributed by atoms with E-state index in [0.29, 0.717) is 39.1 Å². The average Bonchev–Trinajstić information content (AvgIpc) is 2.91. The fourth-order valence-corrected chi connectivity index (χ4v) is 4.13.